The monoisotopic (exact) mass is 381 g/mol. The third kappa shape index (κ3) is 3.77. The predicted octanol–water partition coefficient (Wildman–Crippen LogP) is 3.03. The smallest absolute Gasteiger partial charge is 0.323 e. The van der Waals surface area contributed by atoms with Gasteiger partial charge in [-0.05, 0) is 37.3 Å². The number of anilines is 1. The summed E-state index contributed by atoms with van der Waals surface area (Å²) < 4.78 is 5.62. The molecule has 0 bridgehead atoms. The summed E-state index contributed by atoms with van der Waals surface area (Å²) >= 11 is 1.18. The number of carbonyl (C=O) groups is 1. The summed E-state index contributed by atoms with van der Waals surface area (Å²) in [5.41, 5.74) is 2.43. The van der Waals surface area contributed by atoms with Gasteiger partial charge >= 0.3 is 5.69 Å². The number of nitrogens with zero attached hydrogens (tertiary/aromatic N) is 2. The number of imidazole rings is 1. The molecule has 0 radical (unpaired) electrons. The van der Waals surface area contributed by atoms with Gasteiger partial charge in [0.2, 0.25) is 11.8 Å². The van der Waals surface area contributed by atoms with Crippen LogP contribution in [-0.4, -0.2) is 31.3 Å². The molecule has 0 aliphatic carbocycles. The normalized spacial score (nSPS) is 12.2. The van der Waals surface area contributed by atoms with E-state index in [2.05, 4.69) is 25.5 Å². The number of benzene rings is 2. The Morgan fingerprint density at radius 3 is 2.70 bits per heavy atom. The molecular weight excluding hydrogens is 366 g/mol. The molecule has 0 saturated heterocycles. The molecule has 0 fully saturated rings. The zero-order chi connectivity index (χ0) is 18.8. The number of thioether (sulfide) groups is 1. The van der Waals surface area contributed by atoms with E-state index in [1.165, 1.54) is 11.8 Å². The van der Waals surface area contributed by atoms with Gasteiger partial charge in [0.15, 0.2) is 0 Å². The second-order valence-electron chi connectivity index (χ2n) is 5.83. The first kappa shape index (κ1) is 17.1. The van der Waals surface area contributed by atoms with Crippen molar-refractivity contribution in [1.82, 2.24) is 20.2 Å². The van der Waals surface area contributed by atoms with E-state index in [1.807, 2.05) is 30.3 Å². The Labute approximate surface area is 157 Å². The van der Waals surface area contributed by atoms with Crippen molar-refractivity contribution >= 4 is 34.4 Å². The Hall–Kier alpha value is -3.33. The molecule has 8 nitrogen and oxygen atoms in total. The maximum absolute atomic E-state index is 12.4. The maximum Gasteiger partial charge on any atom is 0.323 e. The number of hydrogen-bond donors (Lipinski definition) is 3. The molecule has 0 saturated carbocycles. The van der Waals surface area contributed by atoms with Crippen molar-refractivity contribution in [3.05, 3.63) is 59.0 Å². The molecular formula is C18H15N5O3S. The molecule has 136 valence electrons. The van der Waals surface area contributed by atoms with Gasteiger partial charge in [0.05, 0.1) is 16.3 Å². The van der Waals surface area contributed by atoms with Gasteiger partial charge in [-0.25, -0.2) is 4.79 Å². The highest BCUT2D eigenvalue weighted by molar-refractivity contribution is 8.00. The molecule has 2 heterocycles. The molecule has 3 N–H and O–H groups in total. The van der Waals surface area contributed by atoms with E-state index in [9.17, 15) is 9.59 Å². The Balaban J connectivity index is 1.43. The first-order chi connectivity index (χ1) is 13.1. The lowest BCUT2D eigenvalue weighted by molar-refractivity contribution is -0.115. The molecule has 0 aliphatic heterocycles. The van der Waals surface area contributed by atoms with Crippen LogP contribution in [0.4, 0.5) is 5.69 Å². The fourth-order valence-electron chi connectivity index (χ4n) is 2.51. The van der Waals surface area contributed by atoms with E-state index in [-0.39, 0.29) is 11.6 Å². The second kappa shape index (κ2) is 7.12. The first-order valence-electron chi connectivity index (χ1n) is 8.17. The quantitative estimate of drug-likeness (QED) is 0.458. The Bertz CT molecular complexity index is 1150. The topological polar surface area (TPSA) is 117 Å². The molecule has 4 aromatic rings. The zero-order valence-corrected chi connectivity index (χ0v) is 15.0. The van der Waals surface area contributed by atoms with Crippen LogP contribution >= 0.6 is 11.8 Å². The molecule has 9 heteroatoms. The van der Waals surface area contributed by atoms with Gasteiger partial charge in [-0.15, -0.1) is 10.2 Å². The maximum atomic E-state index is 12.4. The van der Waals surface area contributed by atoms with Crippen LogP contribution in [0.2, 0.25) is 0 Å². The molecule has 2 aromatic heterocycles. The number of carbonyl (C=O) groups excluding carboxylic acids is 1. The fraction of sp³-hybridized carbons (Fsp3) is 0.111. The molecule has 2 aromatic carbocycles. The third-order valence-electron chi connectivity index (χ3n) is 3.86. The van der Waals surface area contributed by atoms with Crippen molar-refractivity contribution in [3.8, 4) is 11.5 Å². The van der Waals surface area contributed by atoms with E-state index in [0.29, 0.717) is 27.8 Å². The molecule has 1 atom stereocenters. The van der Waals surface area contributed by atoms with E-state index in [1.54, 1.807) is 25.1 Å². The highest BCUT2D eigenvalue weighted by Crippen LogP contribution is 2.26. The Kier molecular flexibility index (Phi) is 4.51. The van der Waals surface area contributed by atoms with Gasteiger partial charge in [0.25, 0.3) is 5.22 Å². The summed E-state index contributed by atoms with van der Waals surface area (Å²) in [6.45, 7) is 1.75. The van der Waals surface area contributed by atoms with E-state index < -0.39 is 5.25 Å². The van der Waals surface area contributed by atoms with Gasteiger partial charge in [-0.1, -0.05) is 30.0 Å². The fourth-order valence-corrected chi connectivity index (χ4v) is 3.20. The molecule has 1 amide bonds. The molecule has 27 heavy (non-hydrogen) atoms. The van der Waals surface area contributed by atoms with Crippen LogP contribution in [0.3, 0.4) is 0 Å². The minimum atomic E-state index is -0.449. The number of aromatic amines is 2. The Morgan fingerprint density at radius 2 is 1.89 bits per heavy atom. The zero-order valence-electron chi connectivity index (χ0n) is 14.2. The number of amides is 1. The van der Waals surface area contributed by atoms with E-state index in [4.69, 9.17) is 4.42 Å². The average Bonchev–Trinajstić information content (AvgIpc) is 3.27. The standard InChI is InChI=1S/C18H15N5O3S/c1-10(27-18-23-22-16(26-18)11-5-3-2-4-6-11)15(24)19-12-7-8-13-14(9-12)21-17(25)20-13/h2-10H,1H3,(H,19,24)(H2,20,21,25). The highest BCUT2D eigenvalue weighted by Gasteiger charge is 2.19. The summed E-state index contributed by atoms with van der Waals surface area (Å²) in [5, 5.41) is 10.7. The summed E-state index contributed by atoms with van der Waals surface area (Å²) in [6, 6.07) is 14.6. The third-order valence-corrected chi connectivity index (χ3v) is 4.79. The van der Waals surface area contributed by atoms with Crippen molar-refractivity contribution in [2.45, 2.75) is 17.4 Å². The van der Waals surface area contributed by atoms with Crippen molar-refractivity contribution in [1.29, 1.82) is 0 Å². The van der Waals surface area contributed by atoms with Crippen LogP contribution in [0.5, 0.6) is 0 Å². The molecule has 1 unspecified atom stereocenters. The summed E-state index contributed by atoms with van der Waals surface area (Å²) in [4.78, 5) is 29.1. The lowest BCUT2D eigenvalue weighted by Gasteiger charge is -2.09. The van der Waals surface area contributed by atoms with Gasteiger partial charge in [-0.2, -0.15) is 0 Å². The van der Waals surface area contributed by atoms with Crippen LogP contribution in [-0.2, 0) is 4.79 Å². The number of hydrogen-bond acceptors (Lipinski definition) is 6. The van der Waals surface area contributed by atoms with E-state index >= 15 is 0 Å². The van der Waals surface area contributed by atoms with Gasteiger partial charge < -0.3 is 19.7 Å². The van der Waals surface area contributed by atoms with Crippen molar-refractivity contribution in [2.75, 3.05) is 5.32 Å². The number of aromatic nitrogens is 4. The summed E-state index contributed by atoms with van der Waals surface area (Å²) in [5.74, 6) is 0.198. The van der Waals surface area contributed by atoms with Crippen molar-refractivity contribution < 1.29 is 9.21 Å². The van der Waals surface area contributed by atoms with Crippen molar-refractivity contribution in [2.24, 2.45) is 0 Å². The van der Waals surface area contributed by atoms with Crippen LogP contribution in [0.1, 0.15) is 6.92 Å². The first-order valence-corrected chi connectivity index (χ1v) is 9.05. The van der Waals surface area contributed by atoms with Crippen LogP contribution < -0.4 is 11.0 Å². The minimum Gasteiger partial charge on any atom is -0.411 e. The van der Waals surface area contributed by atoms with Gasteiger partial charge in [-0.3, -0.25) is 4.79 Å². The molecule has 0 aliphatic rings. The van der Waals surface area contributed by atoms with Crippen molar-refractivity contribution in [3.63, 3.8) is 0 Å². The average molecular weight is 381 g/mol. The van der Waals surface area contributed by atoms with Crippen LogP contribution in [0.15, 0.2) is 63.0 Å². The molecule has 4 rings (SSSR count). The van der Waals surface area contributed by atoms with Crippen LogP contribution in [0, 0.1) is 0 Å². The predicted molar refractivity (Wildman–Crippen MR) is 103 cm³/mol. The number of H-pyrrole nitrogens is 2. The van der Waals surface area contributed by atoms with Gasteiger partial charge in [0, 0.05) is 11.3 Å². The number of fused-ring (bicyclic) bond motifs is 1. The highest BCUT2D eigenvalue weighted by atomic mass is 32.2. The number of rotatable bonds is 5. The minimum absolute atomic E-state index is 0.211. The lowest BCUT2D eigenvalue weighted by atomic mass is 10.2. The SMILES string of the molecule is CC(Sc1nnc(-c2ccccc2)o1)C(=O)Nc1ccc2[nH]c(=O)[nH]c2c1. The summed E-state index contributed by atoms with van der Waals surface area (Å²) in [7, 11) is 0. The van der Waals surface area contributed by atoms with Gasteiger partial charge in [0.1, 0.15) is 0 Å². The van der Waals surface area contributed by atoms with E-state index in [0.717, 1.165) is 5.56 Å². The second-order valence-corrected chi connectivity index (χ2v) is 7.12. The Morgan fingerprint density at radius 1 is 1.11 bits per heavy atom. The lowest BCUT2D eigenvalue weighted by Crippen LogP contribution is -2.22. The van der Waals surface area contributed by atoms with Crippen LogP contribution in [0.25, 0.3) is 22.5 Å². The molecule has 0 spiro atoms. The summed E-state index contributed by atoms with van der Waals surface area (Å²) in [6.07, 6.45) is 0. The largest absolute Gasteiger partial charge is 0.411 e. The number of nitrogens with one attached hydrogen (secondary N) is 3.